The second kappa shape index (κ2) is 9.36. The summed E-state index contributed by atoms with van der Waals surface area (Å²) >= 11 is 0. The number of benzene rings is 1. The second-order valence-corrected chi connectivity index (χ2v) is 8.55. The van der Waals surface area contributed by atoms with Crippen LogP contribution in [0, 0.1) is 11.8 Å². The molecule has 4 heteroatoms. The van der Waals surface area contributed by atoms with Crippen LogP contribution < -0.4 is 5.32 Å². The molecule has 1 aliphatic carbocycles. The highest BCUT2D eigenvalue weighted by Gasteiger charge is 2.35. The molecule has 152 valence electrons. The van der Waals surface area contributed by atoms with Gasteiger partial charge in [0, 0.05) is 25.2 Å². The smallest absolute Gasteiger partial charge is 0.223 e. The van der Waals surface area contributed by atoms with E-state index in [4.69, 9.17) is 0 Å². The summed E-state index contributed by atoms with van der Waals surface area (Å²) in [5.41, 5.74) is 3.61. The molecule has 0 radical (unpaired) electrons. The molecule has 1 saturated heterocycles. The van der Waals surface area contributed by atoms with E-state index in [-0.39, 0.29) is 17.9 Å². The molecular weight excluding hydrogens is 358 g/mol. The number of pyridine rings is 1. The number of carbonyl (C=O) groups is 1. The molecule has 29 heavy (non-hydrogen) atoms. The van der Waals surface area contributed by atoms with Gasteiger partial charge in [-0.25, -0.2) is 0 Å². The Kier molecular flexibility index (Phi) is 6.40. The molecule has 1 aromatic carbocycles. The number of rotatable bonds is 7. The third-order valence-electron chi connectivity index (χ3n) is 5.95. The van der Waals surface area contributed by atoms with Crippen molar-refractivity contribution in [2.24, 2.45) is 11.8 Å². The first-order valence-corrected chi connectivity index (χ1v) is 10.8. The average Bonchev–Trinajstić information content (AvgIpc) is 3.59. The maximum atomic E-state index is 12.5. The van der Waals surface area contributed by atoms with Crippen LogP contribution in [0.15, 0.2) is 60.3 Å². The van der Waals surface area contributed by atoms with Gasteiger partial charge in [0.2, 0.25) is 5.91 Å². The number of nitrogens with zero attached hydrogens (tertiary/aromatic N) is 2. The molecule has 2 fully saturated rings. The quantitative estimate of drug-likeness (QED) is 0.760. The summed E-state index contributed by atoms with van der Waals surface area (Å²) in [7, 11) is 0. The van der Waals surface area contributed by atoms with Crippen molar-refractivity contribution in [2.45, 2.75) is 38.6 Å². The lowest BCUT2D eigenvalue weighted by Crippen LogP contribution is -2.44. The highest BCUT2D eigenvalue weighted by Crippen LogP contribution is 2.33. The summed E-state index contributed by atoms with van der Waals surface area (Å²) in [6.07, 6.45) is 8.45. The zero-order valence-electron chi connectivity index (χ0n) is 17.3. The van der Waals surface area contributed by atoms with Gasteiger partial charge in [0.1, 0.15) is 0 Å². The van der Waals surface area contributed by atoms with Crippen molar-refractivity contribution in [1.29, 1.82) is 0 Å². The summed E-state index contributed by atoms with van der Waals surface area (Å²) < 4.78 is 0. The van der Waals surface area contributed by atoms with Crippen molar-refractivity contribution in [3.63, 3.8) is 0 Å². The van der Waals surface area contributed by atoms with E-state index >= 15 is 0 Å². The predicted molar refractivity (Wildman–Crippen MR) is 117 cm³/mol. The average molecular weight is 390 g/mol. The van der Waals surface area contributed by atoms with Gasteiger partial charge in [-0.05, 0) is 62.8 Å². The van der Waals surface area contributed by atoms with Crippen LogP contribution in [-0.4, -0.2) is 35.4 Å². The van der Waals surface area contributed by atoms with E-state index in [1.807, 2.05) is 18.3 Å². The van der Waals surface area contributed by atoms with Gasteiger partial charge in [0.25, 0.3) is 0 Å². The highest BCUT2D eigenvalue weighted by molar-refractivity contribution is 5.81. The molecule has 1 saturated carbocycles. The van der Waals surface area contributed by atoms with E-state index in [1.165, 1.54) is 11.1 Å². The molecule has 4 nitrogen and oxygen atoms in total. The predicted octanol–water partition coefficient (Wildman–Crippen LogP) is 4.46. The molecule has 2 aliphatic rings. The topological polar surface area (TPSA) is 45.2 Å². The third kappa shape index (κ3) is 5.54. The van der Waals surface area contributed by atoms with Crippen LogP contribution in [0.25, 0.3) is 6.08 Å². The lowest BCUT2D eigenvalue weighted by atomic mass is 9.88. The molecule has 1 aliphatic heterocycles. The number of piperidine rings is 1. The lowest BCUT2D eigenvalue weighted by Gasteiger charge is -2.37. The van der Waals surface area contributed by atoms with Crippen molar-refractivity contribution in [2.75, 3.05) is 19.6 Å². The summed E-state index contributed by atoms with van der Waals surface area (Å²) in [5.74, 6) is 0.820. The van der Waals surface area contributed by atoms with Crippen LogP contribution in [-0.2, 0) is 4.79 Å². The van der Waals surface area contributed by atoms with E-state index in [2.05, 4.69) is 64.6 Å². The Morgan fingerprint density at radius 1 is 1.17 bits per heavy atom. The maximum Gasteiger partial charge on any atom is 0.223 e. The van der Waals surface area contributed by atoms with Gasteiger partial charge in [0.05, 0.1) is 11.7 Å². The monoisotopic (exact) mass is 389 g/mol. The molecule has 4 rings (SSSR count). The minimum atomic E-state index is 0.00510. The van der Waals surface area contributed by atoms with Crippen molar-refractivity contribution in [3.8, 4) is 0 Å². The van der Waals surface area contributed by atoms with Gasteiger partial charge in [0.15, 0.2) is 0 Å². The lowest BCUT2D eigenvalue weighted by molar-refractivity contribution is -0.123. The van der Waals surface area contributed by atoms with Gasteiger partial charge in [-0.3, -0.25) is 14.7 Å². The minimum Gasteiger partial charge on any atom is -0.347 e. The molecule has 2 atom stereocenters. The Hall–Kier alpha value is -2.46. The second-order valence-electron chi connectivity index (χ2n) is 8.55. The number of hydrogen-bond acceptors (Lipinski definition) is 3. The van der Waals surface area contributed by atoms with Crippen molar-refractivity contribution in [3.05, 3.63) is 71.6 Å². The van der Waals surface area contributed by atoms with Crippen molar-refractivity contribution in [1.82, 2.24) is 15.2 Å². The number of likely N-dealkylation sites (tertiary alicyclic amines) is 1. The van der Waals surface area contributed by atoms with E-state index < -0.39 is 0 Å². The number of amides is 1. The first-order chi connectivity index (χ1) is 14.2. The zero-order chi connectivity index (χ0) is 20.1. The summed E-state index contributed by atoms with van der Waals surface area (Å²) in [5, 5.41) is 3.34. The largest absolute Gasteiger partial charge is 0.347 e. The highest BCUT2D eigenvalue weighted by atomic mass is 16.2. The SMILES string of the molecule is C/C(=C\c1ccccc1)CN1CCC[C@@H]([C@@H](NC(=O)C2CC2)c2ccccn2)C1. The number of hydrogen-bond donors (Lipinski definition) is 1. The summed E-state index contributed by atoms with van der Waals surface area (Å²) in [4.78, 5) is 19.6. The van der Waals surface area contributed by atoms with Crippen LogP contribution in [0.4, 0.5) is 0 Å². The first kappa shape index (κ1) is 19.8. The van der Waals surface area contributed by atoms with Crippen LogP contribution in [0.2, 0.25) is 0 Å². The fourth-order valence-electron chi connectivity index (χ4n) is 4.35. The number of nitrogens with one attached hydrogen (secondary N) is 1. The minimum absolute atomic E-state index is 0.00510. The molecule has 0 spiro atoms. The summed E-state index contributed by atoms with van der Waals surface area (Å²) in [6, 6.07) is 16.5. The zero-order valence-corrected chi connectivity index (χ0v) is 17.3. The van der Waals surface area contributed by atoms with E-state index in [0.29, 0.717) is 5.92 Å². The van der Waals surface area contributed by atoms with E-state index in [9.17, 15) is 4.79 Å². The fraction of sp³-hybridized carbons (Fsp3) is 0.440. The van der Waals surface area contributed by atoms with Crippen LogP contribution in [0.5, 0.6) is 0 Å². The Labute approximate surface area is 174 Å². The molecule has 2 aromatic rings. The van der Waals surface area contributed by atoms with Crippen molar-refractivity contribution >= 4 is 12.0 Å². The van der Waals surface area contributed by atoms with Crippen LogP contribution >= 0.6 is 0 Å². The molecule has 1 aromatic heterocycles. The Morgan fingerprint density at radius 2 is 1.97 bits per heavy atom. The maximum absolute atomic E-state index is 12.5. The Bertz CT molecular complexity index is 830. The normalized spacial score (nSPS) is 21.6. The molecule has 0 bridgehead atoms. The molecule has 0 unspecified atom stereocenters. The Balaban J connectivity index is 1.44. The fourth-order valence-corrected chi connectivity index (χ4v) is 4.35. The van der Waals surface area contributed by atoms with Crippen molar-refractivity contribution < 1.29 is 4.79 Å². The van der Waals surface area contributed by atoms with Gasteiger partial charge in [-0.2, -0.15) is 0 Å². The first-order valence-electron chi connectivity index (χ1n) is 10.8. The van der Waals surface area contributed by atoms with Gasteiger partial charge >= 0.3 is 0 Å². The van der Waals surface area contributed by atoms with E-state index in [1.54, 1.807) is 0 Å². The molecular formula is C25H31N3O. The standard InChI is InChI=1S/C25H31N3O/c1-19(16-20-8-3-2-4-9-20)17-28-15-7-10-22(18-28)24(23-11-5-6-14-26-23)27-25(29)21-12-13-21/h2-6,8-9,11,14,16,21-22,24H,7,10,12-13,15,17-18H2,1H3,(H,27,29)/b19-16+/t22-,24-/m1/s1. The van der Waals surface area contributed by atoms with Crippen LogP contribution in [0.3, 0.4) is 0 Å². The Morgan fingerprint density at radius 3 is 2.69 bits per heavy atom. The van der Waals surface area contributed by atoms with Gasteiger partial charge in [-0.1, -0.05) is 48.0 Å². The summed E-state index contributed by atoms with van der Waals surface area (Å²) in [6.45, 7) is 5.28. The van der Waals surface area contributed by atoms with Gasteiger partial charge < -0.3 is 5.32 Å². The van der Waals surface area contributed by atoms with Gasteiger partial charge in [-0.15, -0.1) is 0 Å². The number of carbonyl (C=O) groups excluding carboxylic acids is 1. The molecule has 1 N–H and O–H groups in total. The third-order valence-corrected chi connectivity index (χ3v) is 5.95. The van der Waals surface area contributed by atoms with Crippen LogP contribution in [0.1, 0.15) is 49.9 Å². The molecule has 1 amide bonds. The number of aromatic nitrogens is 1. The van der Waals surface area contributed by atoms with E-state index in [0.717, 1.165) is 51.0 Å². The molecule has 2 heterocycles.